The molecule has 1 aliphatic heterocycles. The summed E-state index contributed by atoms with van der Waals surface area (Å²) in [5, 5.41) is 15.7. The van der Waals surface area contributed by atoms with Crippen LogP contribution in [0.3, 0.4) is 0 Å². The molecule has 0 radical (unpaired) electrons. The highest BCUT2D eigenvalue weighted by Crippen LogP contribution is 2.29. The number of carbonyl (C=O) groups is 2. The van der Waals surface area contributed by atoms with Gasteiger partial charge in [-0.2, -0.15) is 0 Å². The first-order chi connectivity index (χ1) is 16.7. The first-order valence-corrected chi connectivity index (χ1v) is 12.5. The molecule has 35 heavy (non-hydrogen) atoms. The lowest BCUT2D eigenvalue weighted by atomic mass is 9.91. The molecule has 0 fully saturated rings. The van der Waals surface area contributed by atoms with Crippen molar-refractivity contribution in [2.45, 2.75) is 31.7 Å². The minimum atomic E-state index is -1.33. The van der Waals surface area contributed by atoms with Crippen molar-refractivity contribution in [3.8, 4) is 10.8 Å². The van der Waals surface area contributed by atoms with Crippen molar-refractivity contribution in [1.29, 1.82) is 0 Å². The Kier molecular flexibility index (Phi) is 7.64. The highest BCUT2D eigenvalue weighted by molar-refractivity contribution is 7.17. The molecule has 3 aromatic rings. The van der Waals surface area contributed by atoms with Crippen LogP contribution in [0.5, 0.6) is 10.8 Å². The van der Waals surface area contributed by atoms with Gasteiger partial charge in [-0.05, 0) is 79.9 Å². The van der Waals surface area contributed by atoms with Crippen LogP contribution in [-0.4, -0.2) is 47.7 Å². The summed E-state index contributed by atoms with van der Waals surface area (Å²) >= 11 is 7.05. The molecule has 9 heteroatoms. The van der Waals surface area contributed by atoms with Gasteiger partial charge in [0, 0.05) is 25.2 Å². The average Bonchev–Trinajstić information content (AvgIpc) is 3.12. The Bertz CT molecular complexity index is 1210. The number of thiophene rings is 1. The van der Waals surface area contributed by atoms with Crippen LogP contribution in [0.25, 0.3) is 0 Å². The summed E-state index contributed by atoms with van der Waals surface area (Å²) in [5.74, 6) is -0.255. The van der Waals surface area contributed by atoms with Crippen molar-refractivity contribution >= 4 is 40.6 Å². The van der Waals surface area contributed by atoms with Crippen LogP contribution in [0.2, 0.25) is 4.34 Å². The number of anilines is 1. The minimum absolute atomic E-state index is 0.123. The van der Waals surface area contributed by atoms with E-state index in [2.05, 4.69) is 28.6 Å². The number of nitrogens with one attached hydrogen (secondary N) is 2. The third kappa shape index (κ3) is 6.54. The van der Waals surface area contributed by atoms with E-state index in [0.29, 0.717) is 15.1 Å². The van der Waals surface area contributed by atoms with E-state index in [1.165, 1.54) is 11.1 Å². The monoisotopic (exact) mass is 513 g/mol. The number of amides is 2. The molecule has 0 saturated heterocycles. The molecular formula is C26H28ClN3O4S. The smallest absolute Gasteiger partial charge is 0.414 e. The summed E-state index contributed by atoms with van der Waals surface area (Å²) in [4.78, 5) is 28.5. The first kappa shape index (κ1) is 25.0. The summed E-state index contributed by atoms with van der Waals surface area (Å²) in [7, 11) is 2.11. The summed E-state index contributed by atoms with van der Waals surface area (Å²) in [6.45, 7) is 3.62. The van der Waals surface area contributed by atoms with Crippen LogP contribution in [0, 0.1) is 0 Å². The maximum Gasteiger partial charge on any atom is 0.414 e. The fourth-order valence-corrected chi connectivity index (χ4v) is 4.95. The van der Waals surface area contributed by atoms with Gasteiger partial charge in [0.15, 0.2) is 5.06 Å². The number of rotatable bonds is 6. The number of hydrogen-bond acceptors (Lipinski definition) is 6. The Morgan fingerprint density at radius 3 is 2.49 bits per heavy atom. The number of halogens is 1. The molecule has 184 valence electrons. The standard InChI is InChI=1S/C26H28ClN3O4S/c1-26(16-17-3-7-21(31)8-4-17,29-25(33)34-23-10-9-22(27)35-23)24(32)28-20-6-5-18-11-13-30(2)14-12-19(18)15-20/h3-10,15,31H,11-14,16H2,1-2H3,(H,28,32)(H,29,33). The van der Waals surface area contributed by atoms with Gasteiger partial charge in [0.1, 0.15) is 11.3 Å². The summed E-state index contributed by atoms with van der Waals surface area (Å²) in [6, 6.07) is 15.7. The molecule has 1 atom stereocenters. The van der Waals surface area contributed by atoms with E-state index in [4.69, 9.17) is 16.3 Å². The fraction of sp³-hybridized carbons (Fsp3) is 0.308. The van der Waals surface area contributed by atoms with Gasteiger partial charge in [-0.3, -0.25) is 4.79 Å². The number of fused-ring (bicyclic) bond motifs is 1. The van der Waals surface area contributed by atoms with Crippen LogP contribution in [-0.2, 0) is 24.1 Å². The van der Waals surface area contributed by atoms with Gasteiger partial charge in [-0.1, -0.05) is 41.1 Å². The Morgan fingerprint density at radius 2 is 1.80 bits per heavy atom. The second-order valence-corrected chi connectivity index (χ2v) is 10.7. The van der Waals surface area contributed by atoms with E-state index in [9.17, 15) is 14.7 Å². The maximum absolute atomic E-state index is 13.5. The van der Waals surface area contributed by atoms with Gasteiger partial charge in [0.25, 0.3) is 0 Å². The molecule has 0 bridgehead atoms. The minimum Gasteiger partial charge on any atom is -0.508 e. The lowest BCUT2D eigenvalue weighted by Crippen LogP contribution is -2.56. The number of benzene rings is 2. The Labute approximate surface area is 213 Å². The van der Waals surface area contributed by atoms with Crippen molar-refractivity contribution in [2.24, 2.45) is 0 Å². The van der Waals surface area contributed by atoms with Gasteiger partial charge in [0.05, 0.1) is 4.34 Å². The van der Waals surface area contributed by atoms with E-state index in [1.807, 2.05) is 12.1 Å². The third-order valence-electron chi connectivity index (χ3n) is 6.10. The van der Waals surface area contributed by atoms with Gasteiger partial charge < -0.3 is 25.4 Å². The Morgan fingerprint density at radius 1 is 1.09 bits per heavy atom. The van der Waals surface area contributed by atoms with Crippen molar-refractivity contribution in [3.63, 3.8) is 0 Å². The number of aromatic hydroxyl groups is 1. The predicted molar refractivity (Wildman–Crippen MR) is 139 cm³/mol. The SMILES string of the molecule is CN1CCc2ccc(NC(=O)C(C)(Cc3ccc(O)cc3)NC(=O)Oc3ccc(Cl)s3)cc2CC1. The second-order valence-electron chi connectivity index (χ2n) is 8.99. The lowest BCUT2D eigenvalue weighted by Gasteiger charge is -2.29. The number of hydrogen-bond donors (Lipinski definition) is 3. The molecule has 2 amide bonds. The molecule has 4 rings (SSSR count). The highest BCUT2D eigenvalue weighted by Gasteiger charge is 2.36. The van der Waals surface area contributed by atoms with Gasteiger partial charge in [0.2, 0.25) is 5.91 Å². The quantitative estimate of drug-likeness (QED) is 0.437. The van der Waals surface area contributed by atoms with E-state index in [0.717, 1.165) is 42.8 Å². The van der Waals surface area contributed by atoms with Crippen molar-refractivity contribution in [3.05, 3.63) is 75.6 Å². The van der Waals surface area contributed by atoms with Gasteiger partial charge >= 0.3 is 6.09 Å². The average molecular weight is 514 g/mol. The molecule has 2 aromatic carbocycles. The number of ether oxygens (including phenoxy) is 1. The fourth-order valence-electron chi connectivity index (χ4n) is 4.08. The number of likely N-dealkylation sites (N-methyl/N-ethyl adjacent to an activating group) is 1. The molecule has 0 spiro atoms. The van der Waals surface area contributed by atoms with Crippen LogP contribution in [0.15, 0.2) is 54.6 Å². The zero-order valence-electron chi connectivity index (χ0n) is 19.6. The van der Waals surface area contributed by atoms with Crippen LogP contribution >= 0.6 is 22.9 Å². The molecule has 3 N–H and O–H groups in total. The Balaban J connectivity index is 1.54. The second kappa shape index (κ2) is 10.7. The van der Waals surface area contributed by atoms with E-state index in [1.54, 1.807) is 43.3 Å². The van der Waals surface area contributed by atoms with Crippen LogP contribution < -0.4 is 15.4 Å². The van der Waals surface area contributed by atoms with E-state index in [-0.39, 0.29) is 18.1 Å². The number of carbonyl (C=O) groups excluding carboxylic acids is 2. The molecule has 1 aliphatic rings. The molecule has 1 unspecified atom stereocenters. The van der Waals surface area contributed by atoms with Crippen molar-refractivity contribution in [2.75, 3.05) is 25.5 Å². The van der Waals surface area contributed by atoms with Crippen LogP contribution in [0.4, 0.5) is 10.5 Å². The summed E-state index contributed by atoms with van der Waals surface area (Å²) < 4.78 is 5.84. The molecule has 1 aromatic heterocycles. The molecule has 7 nitrogen and oxygen atoms in total. The van der Waals surface area contributed by atoms with Crippen molar-refractivity contribution < 1.29 is 19.4 Å². The lowest BCUT2D eigenvalue weighted by molar-refractivity contribution is -0.121. The topological polar surface area (TPSA) is 90.9 Å². The van der Waals surface area contributed by atoms with Crippen LogP contribution in [0.1, 0.15) is 23.6 Å². The summed E-state index contributed by atoms with van der Waals surface area (Å²) in [6.07, 6.45) is 1.31. The molecular weight excluding hydrogens is 486 g/mol. The maximum atomic E-state index is 13.5. The van der Waals surface area contributed by atoms with Crippen molar-refractivity contribution in [1.82, 2.24) is 10.2 Å². The van der Waals surface area contributed by atoms with Gasteiger partial charge in [-0.15, -0.1) is 0 Å². The van der Waals surface area contributed by atoms with Gasteiger partial charge in [-0.25, -0.2) is 4.79 Å². The normalized spacial score (nSPS) is 15.4. The largest absolute Gasteiger partial charge is 0.508 e. The molecule has 0 aliphatic carbocycles. The third-order valence-corrected chi connectivity index (χ3v) is 7.21. The van der Waals surface area contributed by atoms with E-state index < -0.39 is 11.6 Å². The first-order valence-electron chi connectivity index (χ1n) is 11.4. The highest BCUT2D eigenvalue weighted by atomic mass is 35.5. The zero-order valence-corrected chi connectivity index (χ0v) is 21.2. The Hall–Kier alpha value is -3.07. The summed E-state index contributed by atoms with van der Waals surface area (Å²) in [5.41, 5.74) is 2.62. The number of phenols is 1. The zero-order chi connectivity index (χ0) is 25.0. The number of phenolic OH excluding ortho intramolecular Hbond substituents is 1. The molecule has 2 heterocycles. The number of nitrogens with zero attached hydrogens (tertiary/aromatic N) is 1. The predicted octanol–water partition coefficient (Wildman–Crippen LogP) is 4.87. The molecule has 0 saturated carbocycles. The van der Waals surface area contributed by atoms with E-state index >= 15 is 0 Å².